The van der Waals surface area contributed by atoms with E-state index in [1.54, 1.807) is 17.3 Å². The molecule has 0 radical (unpaired) electrons. The van der Waals surface area contributed by atoms with Crippen LogP contribution in [0.15, 0.2) is 65.3 Å². The molecule has 0 bridgehead atoms. The Morgan fingerprint density at radius 2 is 1.97 bits per heavy atom. The van der Waals surface area contributed by atoms with Crippen molar-refractivity contribution in [3.05, 3.63) is 83.6 Å². The number of ether oxygens (including phenoxy) is 1. The summed E-state index contributed by atoms with van der Waals surface area (Å²) >= 11 is 0. The van der Waals surface area contributed by atoms with Crippen molar-refractivity contribution in [2.75, 3.05) is 13.1 Å². The number of hydrogen-bond donors (Lipinski definition) is 1. The van der Waals surface area contributed by atoms with Gasteiger partial charge in [-0.1, -0.05) is 18.2 Å². The van der Waals surface area contributed by atoms with Crippen molar-refractivity contribution in [1.29, 1.82) is 0 Å². The third-order valence-corrected chi connectivity index (χ3v) is 5.23. The Hall–Kier alpha value is -3.12. The number of amides is 1. The highest BCUT2D eigenvalue weighted by Gasteiger charge is 2.36. The lowest BCUT2D eigenvalue weighted by Crippen LogP contribution is -2.29. The maximum Gasteiger partial charge on any atom is 0.289 e. The number of carbonyl (C=O) groups excluding carboxylic acids is 1. The molecule has 0 aliphatic carbocycles. The molecule has 2 aromatic heterocycles. The number of aromatic nitrogens is 1. The second-order valence-electron chi connectivity index (χ2n) is 7.42. The maximum absolute atomic E-state index is 13.0. The first kappa shape index (κ1) is 19.2. The van der Waals surface area contributed by atoms with Crippen molar-refractivity contribution < 1.29 is 19.1 Å². The summed E-state index contributed by atoms with van der Waals surface area (Å²) in [5.74, 6) is 1.47. The summed E-state index contributed by atoms with van der Waals surface area (Å²) in [4.78, 5) is 18.7. The topological polar surface area (TPSA) is 75.8 Å². The van der Waals surface area contributed by atoms with E-state index in [1.165, 1.54) is 0 Å². The number of para-hydroxylation sites is 1. The number of aliphatic hydroxyl groups is 1. The van der Waals surface area contributed by atoms with Gasteiger partial charge >= 0.3 is 0 Å². The lowest BCUT2D eigenvalue weighted by molar-refractivity contribution is 0.0728. The Balaban J connectivity index is 1.40. The van der Waals surface area contributed by atoms with Gasteiger partial charge in [-0.25, -0.2) is 0 Å². The number of β-amino-alcohol motifs (C(OH)–C–C–N with tert-alkyl or cyclic N) is 1. The Morgan fingerprint density at radius 3 is 2.72 bits per heavy atom. The normalized spacial score (nSPS) is 18.8. The predicted octanol–water partition coefficient (Wildman–Crippen LogP) is 3.24. The van der Waals surface area contributed by atoms with Gasteiger partial charge in [0.25, 0.3) is 5.91 Å². The molecule has 1 fully saturated rings. The molecular weight excluding hydrogens is 368 g/mol. The third kappa shape index (κ3) is 4.49. The van der Waals surface area contributed by atoms with Crippen LogP contribution in [0.3, 0.4) is 0 Å². The molecule has 6 nitrogen and oxygen atoms in total. The molecule has 0 spiro atoms. The number of furan rings is 1. The minimum atomic E-state index is -0.553. The molecule has 150 valence electrons. The summed E-state index contributed by atoms with van der Waals surface area (Å²) in [6.07, 6.45) is 3.64. The highest BCUT2D eigenvalue weighted by molar-refractivity contribution is 5.93. The average Bonchev–Trinajstić information content (AvgIpc) is 3.30. The van der Waals surface area contributed by atoms with Crippen LogP contribution in [0.5, 0.6) is 5.75 Å². The van der Waals surface area contributed by atoms with Gasteiger partial charge in [0.2, 0.25) is 0 Å². The number of aliphatic hydroxyl groups excluding tert-OH is 1. The fourth-order valence-corrected chi connectivity index (χ4v) is 3.69. The highest BCUT2D eigenvalue weighted by atomic mass is 16.5. The van der Waals surface area contributed by atoms with E-state index < -0.39 is 6.10 Å². The minimum Gasteiger partial charge on any atom is -0.486 e. The minimum absolute atomic E-state index is 0.00231. The van der Waals surface area contributed by atoms with E-state index in [9.17, 15) is 9.90 Å². The fourth-order valence-electron chi connectivity index (χ4n) is 3.69. The van der Waals surface area contributed by atoms with Crippen LogP contribution >= 0.6 is 0 Å². The molecule has 6 heteroatoms. The molecule has 2 atom stereocenters. The van der Waals surface area contributed by atoms with Crippen molar-refractivity contribution in [3.63, 3.8) is 0 Å². The molecule has 29 heavy (non-hydrogen) atoms. The second-order valence-corrected chi connectivity index (χ2v) is 7.42. The molecule has 4 rings (SSSR count). The molecule has 1 N–H and O–H groups in total. The maximum atomic E-state index is 13.0. The number of rotatable bonds is 6. The van der Waals surface area contributed by atoms with Crippen molar-refractivity contribution in [3.8, 4) is 5.75 Å². The van der Waals surface area contributed by atoms with E-state index in [2.05, 4.69) is 4.98 Å². The molecule has 0 saturated carbocycles. The molecular formula is C23H24N2O4. The molecule has 0 unspecified atom stereocenters. The smallest absolute Gasteiger partial charge is 0.289 e. The van der Waals surface area contributed by atoms with Crippen molar-refractivity contribution in [2.45, 2.75) is 26.1 Å². The highest BCUT2D eigenvalue weighted by Crippen LogP contribution is 2.25. The lowest BCUT2D eigenvalue weighted by Gasteiger charge is -2.15. The van der Waals surface area contributed by atoms with Crippen LogP contribution in [-0.4, -0.2) is 40.1 Å². The Morgan fingerprint density at radius 1 is 1.21 bits per heavy atom. The van der Waals surface area contributed by atoms with Crippen LogP contribution in [0.25, 0.3) is 0 Å². The summed E-state index contributed by atoms with van der Waals surface area (Å²) in [6.45, 7) is 2.91. The van der Waals surface area contributed by atoms with Crippen molar-refractivity contribution >= 4 is 5.91 Å². The van der Waals surface area contributed by atoms with Gasteiger partial charge in [-0.05, 0) is 49.2 Å². The Bertz CT molecular complexity index is 956. The number of aryl methyl sites for hydroxylation is 1. The zero-order chi connectivity index (χ0) is 20.2. The fraction of sp³-hybridized carbons (Fsp3) is 0.304. The van der Waals surface area contributed by atoms with Crippen LogP contribution in [-0.2, 0) is 13.0 Å². The van der Waals surface area contributed by atoms with Gasteiger partial charge in [0, 0.05) is 37.0 Å². The quantitative estimate of drug-likeness (QED) is 0.697. The van der Waals surface area contributed by atoms with E-state index >= 15 is 0 Å². The summed E-state index contributed by atoms with van der Waals surface area (Å²) in [6, 6.07) is 15.2. The number of pyridine rings is 1. The first-order valence-electron chi connectivity index (χ1n) is 9.73. The largest absolute Gasteiger partial charge is 0.486 e. The van der Waals surface area contributed by atoms with Crippen LogP contribution in [0.1, 0.15) is 27.4 Å². The number of carbonyl (C=O) groups is 1. The third-order valence-electron chi connectivity index (χ3n) is 5.23. The summed E-state index contributed by atoms with van der Waals surface area (Å²) < 4.78 is 11.5. The van der Waals surface area contributed by atoms with Crippen LogP contribution < -0.4 is 4.74 Å². The Kier molecular flexibility index (Phi) is 5.62. The van der Waals surface area contributed by atoms with E-state index in [0.717, 1.165) is 16.9 Å². The summed E-state index contributed by atoms with van der Waals surface area (Å²) in [7, 11) is 0. The second kappa shape index (κ2) is 8.49. The number of likely N-dealkylation sites (tertiary alicyclic amines) is 1. The summed E-state index contributed by atoms with van der Waals surface area (Å²) in [5, 5.41) is 10.4. The molecule has 3 heterocycles. The summed E-state index contributed by atoms with van der Waals surface area (Å²) in [5.41, 5.74) is 1.88. The SMILES string of the molecule is Cc1cc(COc2ccccc2)oc1C(=O)N1C[C@@H](Cc2ccncc2)[C@@H](O)C1. The van der Waals surface area contributed by atoms with Crippen LogP contribution in [0.2, 0.25) is 0 Å². The standard InChI is InChI=1S/C23H24N2O4/c1-16-11-20(15-28-19-5-3-2-4-6-19)29-22(16)23(27)25-13-18(21(26)14-25)12-17-7-9-24-10-8-17/h2-11,18,21,26H,12-15H2,1H3/t18-,21+/m1/s1. The number of benzene rings is 1. The predicted molar refractivity (Wildman–Crippen MR) is 108 cm³/mol. The first-order valence-corrected chi connectivity index (χ1v) is 9.73. The van der Waals surface area contributed by atoms with Crippen LogP contribution in [0, 0.1) is 12.8 Å². The van der Waals surface area contributed by atoms with Crippen LogP contribution in [0.4, 0.5) is 0 Å². The molecule has 3 aromatic rings. The molecule has 1 saturated heterocycles. The van der Waals surface area contributed by atoms with Gasteiger partial charge in [0.15, 0.2) is 5.76 Å². The van der Waals surface area contributed by atoms with Gasteiger partial charge in [0.1, 0.15) is 18.1 Å². The number of nitrogens with zero attached hydrogens (tertiary/aromatic N) is 2. The van der Waals surface area contributed by atoms with E-state index in [-0.39, 0.29) is 18.4 Å². The first-order chi connectivity index (χ1) is 14.1. The van der Waals surface area contributed by atoms with Crippen molar-refractivity contribution in [1.82, 2.24) is 9.88 Å². The van der Waals surface area contributed by atoms with Gasteiger partial charge in [-0.2, -0.15) is 0 Å². The van der Waals surface area contributed by atoms with Gasteiger partial charge in [-0.3, -0.25) is 9.78 Å². The molecule has 1 aliphatic rings. The molecule has 1 aliphatic heterocycles. The van der Waals surface area contributed by atoms with E-state index in [4.69, 9.17) is 9.15 Å². The Labute approximate surface area is 169 Å². The van der Waals surface area contributed by atoms with Gasteiger partial charge < -0.3 is 19.2 Å². The monoisotopic (exact) mass is 392 g/mol. The number of hydrogen-bond acceptors (Lipinski definition) is 5. The average molecular weight is 392 g/mol. The molecule has 1 amide bonds. The molecule has 1 aromatic carbocycles. The lowest BCUT2D eigenvalue weighted by atomic mass is 9.97. The zero-order valence-electron chi connectivity index (χ0n) is 16.3. The zero-order valence-corrected chi connectivity index (χ0v) is 16.3. The van der Waals surface area contributed by atoms with Gasteiger partial charge in [-0.15, -0.1) is 0 Å². The van der Waals surface area contributed by atoms with E-state index in [0.29, 0.717) is 31.0 Å². The van der Waals surface area contributed by atoms with Crippen molar-refractivity contribution in [2.24, 2.45) is 5.92 Å². The van der Waals surface area contributed by atoms with E-state index in [1.807, 2.05) is 55.5 Å². The van der Waals surface area contributed by atoms with Gasteiger partial charge in [0.05, 0.1) is 6.10 Å².